The molecule has 1 aromatic carbocycles. The van der Waals surface area contributed by atoms with Gasteiger partial charge in [-0.1, -0.05) is 17.7 Å². The second-order valence-corrected chi connectivity index (χ2v) is 6.17. The molecule has 0 saturated heterocycles. The topological polar surface area (TPSA) is 84.8 Å². The molecular formula is C13H9ClN4O2S. The van der Waals surface area contributed by atoms with E-state index in [1.54, 1.807) is 30.5 Å². The summed E-state index contributed by atoms with van der Waals surface area (Å²) in [5.41, 5.74) is 0.590. The smallest absolute Gasteiger partial charge is 0.256 e. The van der Waals surface area contributed by atoms with Gasteiger partial charge in [-0.15, -0.1) is 0 Å². The lowest BCUT2D eigenvalue weighted by atomic mass is 10.2. The highest BCUT2D eigenvalue weighted by Crippen LogP contribution is 2.22. The number of halogens is 1. The van der Waals surface area contributed by atoms with Crippen LogP contribution in [-0.2, 0) is 10.0 Å². The number of rotatable bonds is 3. The molecule has 2 heterocycles. The summed E-state index contributed by atoms with van der Waals surface area (Å²) in [6.45, 7) is 0. The normalized spacial score (nSPS) is 11.5. The average Bonchev–Trinajstić information content (AvgIpc) is 2.46. The standard InChI is InChI=1S/C13H9ClN4O2S/c14-12-6-8-16-13(17-12)18-21(19,20)11-5-1-4-10-9(11)3-2-7-15-10/h1-8H,(H,16,17,18). The molecule has 6 nitrogen and oxygen atoms in total. The maximum absolute atomic E-state index is 12.5. The fourth-order valence-corrected chi connectivity index (χ4v) is 3.18. The summed E-state index contributed by atoms with van der Waals surface area (Å²) in [5.74, 6) is -0.0802. The number of nitrogens with one attached hydrogen (secondary N) is 1. The van der Waals surface area contributed by atoms with Crippen LogP contribution >= 0.6 is 11.6 Å². The summed E-state index contributed by atoms with van der Waals surface area (Å²) in [4.78, 5) is 11.9. The van der Waals surface area contributed by atoms with E-state index in [9.17, 15) is 8.42 Å². The molecule has 8 heteroatoms. The molecule has 0 saturated carbocycles. The summed E-state index contributed by atoms with van der Waals surface area (Å²) in [6.07, 6.45) is 2.98. The Morgan fingerprint density at radius 1 is 1.00 bits per heavy atom. The maximum atomic E-state index is 12.5. The first kappa shape index (κ1) is 13.7. The molecule has 0 bridgehead atoms. The van der Waals surface area contributed by atoms with E-state index in [4.69, 9.17) is 11.6 Å². The van der Waals surface area contributed by atoms with Gasteiger partial charge in [0.05, 0.1) is 10.4 Å². The lowest BCUT2D eigenvalue weighted by Gasteiger charge is -2.08. The minimum Gasteiger partial charge on any atom is -0.256 e. The van der Waals surface area contributed by atoms with Crippen molar-refractivity contribution in [2.75, 3.05) is 4.72 Å². The lowest BCUT2D eigenvalue weighted by Crippen LogP contribution is -2.15. The van der Waals surface area contributed by atoms with Gasteiger partial charge in [-0.25, -0.2) is 23.1 Å². The zero-order chi connectivity index (χ0) is 14.9. The first-order chi connectivity index (χ1) is 10.1. The third-order valence-corrected chi connectivity index (χ3v) is 4.34. The predicted molar refractivity (Wildman–Crippen MR) is 79.6 cm³/mol. The fraction of sp³-hybridized carbons (Fsp3) is 0. The van der Waals surface area contributed by atoms with Crippen LogP contribution in [0.5, 0.6) is 0 Å². The molecule has 2 aromatic heterocycles. The summed E-state index contributed by atoms with van der Waals surface area (Å²) < 4.78 is 27.2. The van der Waals surface area contributed by atoms with Crippen molar-refractivity contribution in [1.82, 2.24) is 15.0 Å². The molecule has 3 aromatic rings. The van der Waals surface area contributed by atoms with Gasteiger partial charge in [0.2, 0.25) is 5.95 Å². The van der Waals surface area contributed by atoms with Gasteiger partial charge in [0.15, 0.2) is 0 Å². The lowest BCUT2D eigenvalue weighted by molar-refractivity contribution is 0.601. The number of sulfonamides is 1. The molecule has 0 unspecified atom stereocenters. The molecular weight excluding hydrogens is 312 g/mol. The molecule has 0 spiro atoms. The van der Waals surface area contributed by atoms with E-state index in [0.717, 1.165) is 0 Å². The van der Waals surface area contributed by atoms with Crippen LogP contribution in [0.1, 0.15) is 0 Å². The molecule has 0 aliphatic carbocycles. The van der Waals surface area contributed by atoms with Crippen molar-refractivity contribution in [3.8, 4) is 0 Å². The van der Waals surface area contributed by atoms with E-state index in [-0.39, 0.29) is 16.0 Å². The van der Waals surface area contributed by atoms with Gasteiger partial charge >= 0.3 is 0 Å². The Kier molecular flexibility index (Phi) is 3.44. The Morgan fingerprint density at radius 2 is 1.86 bits per heavy atom. The molecule has 0 radical (unpaired) electrons. The van der Waals surface area contributed by atoms with Gasteiger partial charge in [-0.2, -0.15) is 0 Å². The van der Waals surface area contributed by atoms with Gasteiger partial charge in [-0.05, 0) is 30.3 Å². The molecule has 1 N–H and O–H groups in total. The van der Waals surface area contributed by atoms with Crippen molar-refractivity contribution < 1.29 is 8.42 Å². The molecule has 3 rings (SSSR count). The van der Waals surface area contributed by atoms with Crippen LogP contribution in [0.3, 0.4) is 0 Å². The minimum absolute atomic E-state index is 0.0802. The molecule has 0 aliphatic rings. The summed E-state index contributed by atoms with van der Waals surface area (Å²) >= 11 is 5.72. The van der Waals surface area contributed by atoms with Gasteiger partial charge < -0.3 is 0 Å². The van der Waals surface area contributed by atoms with Crippen molar-refractivity contribution in [3.63, 3.8) is 0 Å². The van der Waals surface area contributed by atoms with Crippen molar-refractivity contribution in [3.05, 3.63) is 53.9 Å². The average molecular weight is 321 g/mol. The predicted octanol–water partition coefficient (Wildman–Crippen LogP) is 2.48. The van der Waals surface area contributed by atoms with Crippen molar-refractivity contribution in [1.29, 1.82) is 0 Å². The Bertz CT molecular complexity index is 909. The van der Waals surface area contributed by atoms with Crippen LogP contribution in [0, 0.1) is 0 Å². The van der Waals surface area contributed by atoms with Gasteiger partial charge in [0.1, 0.15) is 5.15 Å². The quantitative estimate of drug-likeness (QED) is 0.749. The van der Waals surface area contributed by atoms with Crippen LogP contribution < -0.4 is 4.72 Å². The number of benzene rings is 1. The molecule has 0 amide bonds. The first-order valence-electron chi connectivity index (χ1n) is 5.91. The Morgan fingerprint density at radius 3 is 2.67 bits per heavy atom. The Labute approximate surface area is 125 Å². The zero-order valence-electron chi connectivity index (χ0n) is 10.6. The zero-order valence-corrected chi connectivity index (χ0v) is 12.1. The molecule has 0 fully saturated rings. The van der Waals surface area contributed by atoms with E-state index in [1.807, 2.05) is 0 Å². The number of hydrogen-bond donors (Lipinski definition) is 1. The summed E-state index contributed by atoms with van der Waals surface area (Å²) in [7, 11) is -3.83. The van der Waals surface area contributed by atoms with E-state index >= 15 is 0 Å². The van der Waals surface area contributed by atoms with Gasteiger partial charge in [-0.3, -0.25) is 4.98 Å². The number of nitrogens with zero attached hydrogens (tertiary/aromatic N) is 3. The minimum atomic E-state index is -3.83. The van der Waals surface area contributed by atoms with Crippen molar-refractivity contribution in [2.24, 2.45) is 0 Å². The number of aromatic nitrogens is 3. The van der Waals surface area contributed by atoms with Crippen LogP contribution in [-0.4, -0.2) is 23.4 Å². The molecule has 0 aliphatic heterocycles. The van der Waals surface area contributed by atoms with Crippen LogP contribution in [0.2, 0.25) is 5.15 Å². The van der Waals surface area contributed by atoms with Gasteiger partial charge in [0, 0.05) is 17.8 Å². The van der Waals surface area contributed by atoms with Gasteiger partial charge in [0.25, 0.3) is 10.0 Å². The monoisotopic (exact) mass is 320 g/mol. The number of pyridine rings is 1. The number of anilines is 1. The SMILES string of the molecule is O=S(=O)(Nc1nccc(Cl)n1)c1cccc2ncccc12. The highest BCUT2D eigenvalue weighted by Gasteiger charge is 2.18. The number of fused-ring (bicyclic) bond motifs is 1. The molecule has 21 heavy (non-hydrogen) atoms. The van der Waals surface area contributed by atoms with Crippen LogP contribution in [0.15, 0.2) is 53.7 Å². The highest BCUT2D eigenvalue weighted by atomic mass is 35.5. The van der Waals surface area contributed by atoms with Crippen LogP contribution in [0.25, 0.3) is 10.9 Å². The second kappa shape index (κ2) is 5.27. The fourth-order valence-electron chi connectivity index (χ4n) is 1.87. The largest absolute Gasteiger partial charge is 0.264 e. The van der Waals surface area contributed by atoms with E-state index in [0.29, 0.717) is 10.9 Å². The first-order valence-corrected chi connectivity index (χ1v) is 7.77. The van der Waals surface area contributed by atoms with E-state index in [2.05, 4.69) is 19.7 Å². The third kappa shape index (κ3) is 2.79. The Hall–Kier alpha value is -2.25. The maximum Gasteiger partial charge on any atom is 0.264 e. The summed E-state index contributed by atoms with van der Waals surface area (Å²) in [6, 6.07) is 9.69. The van der Waals surface area contributed by atoms with E-state index < -0.39 is 10.0 Å². The van der Waals surface area contributed by atoms with Crippen LogP contribution in [0.4, 0.5) is 5.95 Å². The van der Waals surface area contributed by atoms with Crippen molar-refractivity contribution >= 4 is 38.5 Å². The molecule has 0 atom stereocenters. The number of hydrogen-bond acceptors (Lipinski definition) is 5. The Balaban J connectivity index is 2.09. The molecule has 106 valence electrons. The highest BCUT2D eigenvalue weighted by molar-refractivity contribution is 7.93. The second-order valence-electron chi connectivity index (χ2n) is 4.13. The third-order valence-electron chi connectivity index (χ3n) is 2.74. The van der Waals surface area contributed by atoms with Crippen molar-refractivity contribution in [2.45, 2.75) is 4.90 Å². The van der Waals surface area contributed by atoms with E-state index in [1.165, 1.54) is 18.3 Å². The summed E-state index contributed by atoms with van der Waals surface area (Å²) in [5, 5.41) is 0.678.